The van der Waals surface area contributed by atoms with E-state index in [1.165, 1.54) is 0 Å². The normalized spacial score (nSPS) is 12.8. The summed E-state index contributed by atoms with van der Waals surface area (Å²) in [7, 11) is 0.255. The molecule has 160 valence electrons. The van der Waals surface area contributed by atoms with Crippen molar-refractivity contribution in [3.63, 3.8) is 0 Å². The predicted octanol–water partition coefficient (Wildman–Crippen LogP) is 3.93. The van der Waals surface area contributed by atoms with Crippen LogP contribution in [-0.4, -0.2) is 42.8 Å². The average Bonchev–Trinajstić information content (AvgIpc) is 3.16. The van der Waals surface area contributed by atoms with Crippen LogP contribution in [0.25, 0.3) is 0 Å². The van der Waals surface area contributed by atoms with E-state index < -0.39 is 9.84 Å². The Balaban J connectivity index is 1.91. The molecule has 0 radical (unpaired) electrons. The van der Waals surface area contributed by atoms with E-state index in [-0.39, 0.29) is 17.0 Å². The van der Waals surface area contributed by atoms with Gasteiger partial charge < -0.3 is 9.30 Å². The minimum absolute atomic E-state index is 0.0221. The molecule has 3 rings (SSSR count). The van der Waals surface area contributed by atoms with E-state index in [1.807, 2.05) is 60.1 Å². The fourth-order valence-corrected chi connectivity index (χ4v) is 4.37. The van der Waals surface area contributed by atoms with Crippen LogP contribution in [0.4, 0.5) is 0 Å². The molecule has 1 unspecified atom stereocenters. The fraction of sp³-hybridized carbons (Fsp3) is 0.348. The molecule has 30 heavy (non-hydrogen) atoms. The maximum absolute atomic E-state index is 12.6. The van der Waals surface area contributed by atoms with Crippen LogP contribution >= 0.6 is 0 Å². The maximum Gasteiger partial charge on any atom is 0.228 e. The Morgan fingerprint density at radius 3 is 2.53 bits per heavy atom. The lowest BCUT2D eigenvalue weighted by atomic mass is 10.1. The molecule has 0 aliphatic carbocycles. The summed E-state index contributed by atoms with van der Waals surface area (Å²) in [5.74, 6) is 0.840. The molecule has 0 aliphatic rings. The summed E-state index contributed by atoms with van der Waals surface area (Å²) < 4.78 is 32.4. The lowest BCUT2D eigenvalue weighted by molar-refractivity contribution is 0.245. The Hall–Kier alpha value is -2.64. The van der Waals surface area contributed by atoms with Crippen LogP contribution in [0.3, 0.4) is 0 Å². The molecule has 0 saturated carbocycles. The van der Waals surface area contributed by atoms with Crippen molar-refractivity contribution in [1.82, 2.24) is 14.5 Å². The standard InChI is InChI=1S/C23H29N3O3S/c1-5-30(27,28)23-24-15-21(26(23)16-19-10-7-6-8-11-19)17-25(3)18(2)20-12-9-13-22(14-20)29-4/h6-15,18H,5,16-17H2,1-4H3. The van der Waals surface area contributed by atoms with Crippen molar-refractivity contribution in [1.29, 1.82) is 0 Å². The van der Waals surface area contributed by atoms with Gasteiger partial charge in [-0.3, -0.25) is 4.90 Å². The first-order valence-corrected chi connectivity index (χ1v) is 11.7. The van der Waals surface area contributed by atoms with Crippen LogP contribution < -0.4 is 4.74 Å². The number of sulfone groups is 1. The van der Waals surface area contributed by atoms with E-state index >= 15 is 0 Å². The number of nitrogens with zero attached hydrogens (tertiary/aromatic N) is 3. The molecular weight excluding hydrogens is 398 g/mol. The maximum atomic E-state index is 12.6. The molecule has 1 atom stereocenters. The highest BCUT2D eigenvalue weighted by molar-refractivity contribution is 7.91. The van der Waals surface area contributed by atoms with Crippen molar-refractivity contribution >= 4 is 9.84 Å². The second-order valence-electron chi connectivity index (χ2n) is 7.37. The fourth-order valence-electron chi connectivity index (χ4n) is 3.38. The molecular formula is C23H29N3O3S. The molecule has 2 aromatic carbocycles. The quantitative estimate of drug-likeness (QED) is 0.518. The van der Waals surface area contributed by atoms with E-state index in [0.29, 0.717) is 13.1 Å². The molecule has 0 saturated heterocycles. The smallest absolute Gasteiger partial charge is 0.228 e. The third kappa shape index (κ3) is 4.91. The first kappa shape index (κ1) is 22.1. The van der Waals surface area contributed by atoms with Gasteiger partial charge in [0.15, 0.2) is 0 Å². The molecule has 6 nitrogen and oxygen atoms in total. The van der Waals surface area contributed by atoms with Crippen molar-refractivity contribution in [2.75, 3.05) is 19.9 Å². The summed E-state index contributed by atoms with van der Waals surface area (Å²) in [5, 5.41) is 0.131. The number of methoxy groups -OCH3 is 1. The second kappa shape index (κ2) is 9.45. The van der Waals surface area contributed by atoms with Gasteiger partial charge in [-0.25, -0.2) is 13.4 Å². The molecule has 0 bridgehead atoms. The number of aromatic nitrogens is 2. The van der Waals surface area contributed by atoms with Crippen LogP contribution in [0.1, 0.15) is 36.7 Å². The Morgan fingerprint density at radius 2 is 1.87 bits per heavy atom. The number of imidazole rings is 1. The molecule has 0 aliphatic heterocycles. The van der Waals surface area contributed by atoms with Gasteiger partial charge in [0, 0.05) is 12.6 Å². The number of benzene rings is 2. The topological polar surface area (TPSA) is 64.4 Å². The molecule has 0 fully saturated rings. The highest BCUT2D eigenvalue weighted by Gasteiger charge is 2.23. The van der Waals surface area contributed by atoms with Gasteiger partial charge in [0.05, 0.1) is 31.3 Å². The summed E-state index contributed by atoms with van der Waals surface area (Å²) in [6.07, 6.45) is 1.68. The summed E-state index contributed by atoms with van der Waals surface area (Å²) >= 11 is 0. The Bertz CT molecular complexity index is 1080. The number of hydrogen-bond donors (Lipinski definition) is 0. The van der Waals surface area contributed by atoms with E-state index in [1.54, 1.807) is 20.2 Å². The van der Waals surface area contributed by atoms with Crippen molar-refractivity contribution in [3.05, 3.63) is 77.6 Å². The summed E-state index contributed by atoms with van der Waals surface area (Å²) in [4.78, 5) is 6.47. The van der Waals surface area contributed by atoms with Gasteiger partial charge in [-0.15, -0.1) is 0 Å². The van der Waals surface area contributed by atoms with Crippen molar-refractivity contribution in [3.8, 4) is 5.75 Å². The van der Waals surface area contributed by atoms with Gasteiger partial charge in [-0.1, -0.05) is 49.4 Å². The molecule has 0 amide bonds. The van der Waals surface area contributed by atoms with Crippen LogP contribution in [0.5, 0.6) is 5.75 Å². The van der Waals surface area contributed by atoms with Crippen molar-refractivity contribution in [2.45, 2.75) is 38.1 Å². The summed E-state index contributed by atoms with van der Waals surface area (Å²) in [6, 6.07) is 18.0. The first-order valence-electron chi connectivity index (χ1n) is 10.0. The number of hydrogen-bond acceptors (Lipinski definition) is 5. The third-order valence-electron chi connectivity index (χ3n) is 5.39. The third-order valence-corrected chi connectivity index (χ3v) is 7.03. The molecule has 3 aromatic rings. The Kier molecular flexibility index (Phi) is 6.95. The van der Waals surface area contributed by atoms with E-state index in [2.05, 4.69) is 22.9 Å². The van der Waals surface area contributed by atoms with Crippen LogP contribution in [0, 0.1) is 0 Å². The molecule has 1 heterocycles. The minimum Gasteiger partial charge on any atom is -0.497 e. The van der Waals surface area contributed by atoms with Crippen molar-refractivity contribution in [2.24, 2.45) is 0 Å². The first-order chi connectivity index (χ1) is 14.4. The minimum atomic E-state index is -3.43. The molecule has 7 heteroatoms. The van der Waals surface area contributed by atoms with Gasteiger partial charge in [0.2, 0.25) is 15.0 Å². The van der Waals surface area contributed by atoms with E-state index in [4.69, 9.17) is 4.74 Å². The van der Waals surface area contributed by atoms with Crippen LogP contribution in [0.2, 0.25) is 0 Å². The number of rotatable bonds is 9. The van der Waals surface area contributed by atoms with E-state index in [9.17, 15) is 8.42 Å². The zero-order valence-electron chi connectivity index (χ0n) is 17.9. The van der Waals surface area contributed by atoms with E-state index in [0.717, 1.165) is 22.6 Å². The van der Waals surface area contributed by atoms with Crippen LogP contribution in [0.15, 0.2) is 66.0 Å². The Labute approximate surface area is 179 Å². The molecule has 1 aromatic heterocycles. The monoisotopic (exact) mass is 427 g/mol. The lowest BCUT2D eigenvalue weighted by Crippen LogP contribution is -2.24. The largest absolute Gasteiger partial charge is 0.497 e. The zero-order chi connectivity index (χ0) is 21.7. The molecule has 0 N–H and O–H groups in total. The van der Waals surface area contributed by atoms with Gasteiger partial charge in [0.1, 0.15) is 5.75 Å². The zero-order valence-corrected chi connectivity index (χ0v) is 18.8. The number of ether oxygens (including phenoxy) is 1. The highest BCUT2D eigenvalue weighted by Crippen LogP contribution is 2.25. The van der Waals surface area contributed by atoms with Gasteiger partial charge in [0.25, 0.3) is 0 Å². The summed E-state index contributed by atoms with van der Waals surface area (Å²) in [5.41, 5.74) is 3.03. The van der Waals surface area contributed by atoms with Gasteiger partial charge in [-0.05, 0) is 37.2 Å². The van der Waals surface area contributed by atoms with Crippen LogP contribution in [-0.2, 0) is 22.9 Å². The second-order valence-corrected chi connectivity index (χ2v) is 9.55. The van der Waals surface area contributed by atoms with Crippen molar-refractivity contribution < 1.29 is 13.2 Å². The summed E-state index contributed by atoms with van der Waals surface area (Å²) in [6.45, 7) is 4.80. The average molecular weight is 428 g/mol. The van der Waals surface area contributed by atoms with Gasteiger partial charge in [-0.2, -0.15) is 0 Å². The highest BCUT2D eigenvalue weighted by atomic mass is 32.2. The SMILES string of the molecule is CCS(=O)(=O)c1ncc(CN(C)C(C)c2cccc(OC)c2)n1Cc1ccccc1. The molecule has 0 spiro atoms. The predicted molar refractivity (Wildman–Crippen MR) is 118 cm³/mol. The van der Waals surface area contributed by atoms with Gasteiger partial charge >= 0.3 is 0 Å². The Morgan fingerprint density at radius 1 is 1.13 bits per heavy atom. The lowest BCUT2D eigenvalue weighted by Gasteiger charge is -2.26.